The summed E-state index contributed by atoms with van der Waals surface area (Å²) in [4.78, 5) is 57.8. The minimum Gasteiger partial charge on any atom is -0.497 e. The molecule has 0 saturated heterocycles. The number of nitrogens with zero attached hydrogens (tertiary/aromatic N) is 6. The van der Waals surface area contributed by atoms with E-state index < -0.39 is 0 Å². The van der Waals surface area contributed by atoms with E-state index in [1.165, 1.54) is 0 Å². The zero-order valence-corrected chi connectivity index (χ0v) is 30.8. The van der Waals surface area contributed by atoms with Gasteiger partial charge in [0.1, 0.15) is 17.2 Å². The molecule has 4 aromatic heterocycles. The molecule has 12 heteroatoms. The molecule has 0 N–H and O–H groups in total. The number of benzene rings is 6. The molecule has 0 atom stereocenters. The van der Waals surface area contributed by atoms with Gasteiger partial charge in [-0.1, -0.05) is 36.4 Å². The monoisotopic (exact) mass is 750 g/mol. The second-order valence-corrected chi connectivity index (χ2v) is 13.4. The number of para-hydroxylation sites is 3. The summed E-state index contributed by atoms with van der Waals surface area (Å²) >= 11 is 0. The van der Waals surface area contributed by atoms with Crippen molar-refractivity contribution in [2.24, 2.45) is 0 Å². The van der Waals surface area contributed by atoms with Crippen LogP contribution in [0.15, 0.2) is 142 Å². The van der Waals surface area contributed by atoms with Crippen LogP contribution in [0.5, 0.6) is 17.2 Å². The molecule has 10 aromatic rings. The van der Waals surface area contributed by atoms with Crippen molar-refractivity contribution >= 4 is 65.4 Å². The third-order valence-electron chi connectivity index (χ3n) is 10.4. The SMILES string of the molecule is COc1ccc2c(c1)c(=O)c1ccccc1n2-c1nc(-n2c3ccccc3c(=O)c3cc(OC)ccc32)nc(-n2c3ccccc3c(=O)c3cc(OC)ccc32)n1. The van der Waals surface area contributed by atoms with Crippen LogP contribution in [0.4, 0.5) is 0 Å². The number of rotatable bonds is 6. The van der Waals surface area contributed by atoms with Crippen molar-refractivity contribution in [2.75, 3.05) is 21.3 Å². The van der Waals surface area contributed by atoms with E-state index >= 15 is 0 Å². The standard InChI is InChI=1S/C45H30N6O6/c1-55-25-16-19-37-31(22-25)40(52)28-10-4-7-13-34(28)49(37)43-46-44(50-35-14-8-5-11-29(35)41(53)32-23-26(56-2)17-20-38(32)50)48-45(47-43)51-36-15-9-6-12-30(36)42(54)33-24-27(57-3)18-21-39(33)51/h4-24H,1-3H3. The molecule has 4 heterocycles. The van der Waals surface area contributed by atoms with Crippen LogP contribution < -0.4 is 30.5 Å². The van der Waals surface area contributed by atoms with E-state index in [4.69, 9.17) is 29.2 Å². The third kappa shape index (κ3) is 5.07. The highest BCUT2D eigenvalue weighted by Gasteiger charge is 2.23. The van der Waals surface area contributed by atoms with Crippen molar-refractivity contribution in [1.82, 2.24) is 28.7 Å². The molecule has 0 amide bonds. The van der Waals surface area contributed by atoms with Crippen LogP contribution in [-0.4, -0.2) is 50.0 Å². The van der Waals surface area contributed by atoms with Crippen LogP contribution in [0.3, 0.4) is 0 Å². The van der Waals surface area contributed by atoms with Gasteiger partial charge in [0, 0.05) is 16.2 Å². The van der Waals surface area contributed by atoms with E-state index in [0.29, 0.717) is 82.7 Å². The average Bonchev–Trinajstić information content (AvgIpc) is 3.26. The fourth-order valence-electron chi connectivity index (χ4n) is 7.75. The van der Waals surface area contributed by atoms with Gasteiger partial charge in [0.25, 0.3) is 0 Å². The summed E-state index contributed by atoms with van der Waals surface area (Å²) < 4.78 is 22.1. The molecule has 57 heavy (non-hydrogen) atoms. The highest BCUT2D eigenvalue weighted by Crippen LogP contribution is 2.31. The number of aromatic nitrogens is 6. The Hall–Kier alpha value is -7.86. The molecule has 12 nitrogen and oxygen atoms in total. The lowest BCUT2D eigenvalue weighted by Gasteiger charge is -2.20. The summed E-state index contributed by atoms with van der Waals surface area (Å²) in [5.41, 5.74) is 2.73. The molecule has 0 radical (unpaired) electrons. The number of hydrogen-bond donors (Lipinski definition) is 0. The first kappa shape index (κ1) is 33.7. The van der Waals surface area contributed by atoms with Crippen LogP contribution in [0.1, 0.15) is 0 Å². The lowest BCUT2D eigenvalue weighted by Crippen LogP contribution is -2.19. The van der Waals surface area contributed by atoms with E-state index in [2.05, 4.69) is 0 Å². The molecule has 0 spiro atoms. The zero-order chi connectivity index (χ0) is 38.9. The minimum absolute atomic E-state index is 0.176. The molecule has 0 bridgehead atoms. The quantitative estimate of drug-likeness (QED) is 0.161. The van der Waals surface area contributed by atoms with Crippen molar-refractivity contribution in [3.8, 4) is 35.1 Å². The number of pyridine rings is 3. The molecule has 10 rings (SSSR count). The zero-order valence-electron chi connectivity index (χ0n) is 30.8. The predicted molar refractivity (Wildman–Crippen MR) is 221 cm³/mol. The molecule has 0 aliphatic heterocycles. The van der Waals surface area contributed by atoms with Gasteiger partial charge < -0.3 is 14.2 Å². The van der Waals surface area contributed by atoms with Crippen molar-refractivity contribution in [3.05, 3.63) is 158 Å². The minimum atomic E-state index is -0.178. The first-order valence-corrected chi connectivity index (χ1v) is 18.0. The van der Waals surface area contributed by atoms with Crippen molar-refractivity contribution < 1.29 is 14.2 Å². The maximum absolute atomic E-state index is 14.1. The predicted octanol–water partition coefficient (Wildman–Crippen LogP) is 7.27. The highest BCUT2D eigenvalue weighted by atomic mass is 16.5. The Bertz CT molecular complexity index is 3140. The Kier molecular flexibility index (Phi) is 7.61. The van der Waals surface area contributed by atoms with Crippen LogP contribution in [-0.2, 0) is 0 Å². The molecule has 0 saturated carbocycles. The number of ether oxygens (including phenoxy) is 3. The summed E-state index contributed by atoms with van der Waals surface area (Å²) in [6, 6.07) is 37.7. The van der Waals surface area contributed by atoms with E-state index in [-0.39, 0.29) is 34.1 Å². The smallest absolute Gasteiger partial charge is 0.241 e. The summed E-state index contributed by atoms with van der Waals surface area (Å²) in [5, 5.41) is 2.52. The first-order chi connectivity index (χ1) is 27.9. The Morgan fingerprint density at radius 1 is 0.351 bits per heavy atom. The maximum atomic E-state index is 14.1. The fraction of sp³-hybridized carbons (Fsp3) is 0.0667. The first-order valence-electron chi connectivity index (χ1n) is 18.0. The highest BCUT2D eigenvalue weighted by molar-refractivity contribution is 5.98. The van der Waals surface area contributed by atoms with Crippen LogP contribution >= 0.6 is 0 Å². The van der Waals surface area contributed by atoms with E-state index in [9.17, 15) is 14.4 Å². The van der Waals surface area contributed by atoms with E-state index in [1.54, 1.807) is 94.1 Å². The van der Waals surface area contributed by atoms with Crippen molar-refractivity contribution in [1.29, 1.82) is 0 Å². The summed E-state index contributed by atoms with van der Waals surface area (Å²) in [6.07, 6.45) is 0. The van der Waals surface area contributed by atoms with Gasteiger partial charge in [0.2, 0.25) is 17.8 Å². The van der Waals surface area contributed by atoms with Gasteiger partial charge in [0.15, 0.2) is 16.3 Å². The third-order valence-corrected chi connectivity index (χ3v) is 10.4. The van der Waals surface area contributed by atoms with Crippen molar-refractivity contribution in [3.63, 3.8) is 0 Å². The Balaban J connectivity index is 1.43. The van der Waals surface area contributed by atoms with Gasteiger partial charge in [-0.15, -0.1) is 0 Å². The normalized spacial score (nSPS) is 11.6. The van der Waals surface area contributed by atoms with Crippen molar-refractivity contribution in [2.45, 2.75) is 0 Å². The maximum Gasteiger partial charge on any atom is 0.241 e. The molecular formula is C45H30N6O6. The van der Waals surface area contributed by atoms with E-state index in [0.717, 1.165) is 0 Å². The van der Waals surface area contributed by atoms with Crippen LogP contribution in [0.25, 0.3) is 83.3 Å². The largest absolute Gasteiger partial charge is 0.497 e. The Morgan fingerprint density at radius 3 is 0.895 bits per heavy atom. The fourth-order valence-corrected chi connectivity index (χ4v) is 7.75. The number of fused-ring (bicyclic) bond motifs is 6. The molecule has 0 aliphatic carbocycles. The summed E-state index contributed by atoms with van der Waals surface area (Å²) in [6.45, 7) is 0. The van der Waals surface area contributed by atoms with Gasteiger partial charge in [-0.2, -0.15) is 15.0 Å². The molecule has 0 fully saturated rings. The number of methoxy groups -OCH3 is 3. The number of hydrogen-bond acceptors (Lipinski definition) is 9. The van der Waals surface area contributed by atoms with Crippen LogP contribution in [0.2, 0.25) is 0 Å². The second kappa shape index (κ2) is 12.9. The molecule has 6 aromatic carbocycles. The van der Waals surface area contributed by atoms with Gasteiger partial charge in [-0.25, -0.2) is 0 Å². The lowest BCUT2D eigenvalue weighted by atomic mass is 10.1. The van der Waals surface area contributed by atoms with Gasteiger partial charge in [-0.3, -0.25) is 28.1 Å². The Morgan fingerprint density at radius 2 is 0.614 bits per heavy atom. The lowest BCUT2D eigenvalue weighted by molar-refractivity contribution is 0.415. The summed E-state index contributed by atoms with van der Waals surface area (Å²) in [7, 11) is 4.65. The average molecular weight is 751 g/mol. The topological polar surface area (TPSA) is 132 Å². The second-order valence-electron chi connectivity index (χ2n) is 13.4. The van der Waals surface area contributed by atoms with E-state index in [1.807, 2.05) is 68.3 Å². The summed E-state index contributed by atoms with van der Waals surface area (Å²) in [5.74, 6) is 2.07. The molecule has 0 aliphatic rings. The van der Waals surface area contributed by atoms with Gasteiger partial charge in [-0.05, 0) is 91.0 Å². The molecule has 0 unspecified atom stereocenters. The molecule has 276 valence electrons. The van der Waals surface area contributed by atoms with Gasteiger partial charge in [0.05, 0.1) is 70.6 Å². The van der Waals surface area contributed by atoms with Gasteiger partial charge >= 0.3 is 0 Å². The molecular weight excluding hydrogens is 721 g/mol. The van der Waals surface area contributed by atoms with Crippen LogP contribution in [0, 0.1) is 0 Å². The Labute approximate surface area is 322 Å².